The average molecular weight is 312 g/mol. The minimum absolute atomic E-state index is 0.228. The topological polar surface area (TPSA) is 17.1 Å². The van der Waals surface area contributed by atoms with Gasteiger partial charge < -0.3 is 0 Å². The predicted octanol–water partition coefficient (Wildman–Crippen LogP) is 4.59. The second-order valence-corrected chi connectivity index (χ2v) is 4.55. The van der Waals surface area contributed by atoms with Crippen molar-refractivity contribution in [3.63, 3.8) is 0 Å². The number of allylic oxidation sites excluding steroid dienone is 1. The van der Waals surface area contributed by atoms with Gasteiger partial charge in [-0.25, -0.2) is 22.0 Å². The highest BCUT2D eigenvalue weighted by Gasteiger charge is 2.24. The molecule has 0 aromatic heterocycles. The molecule has 22 heavy (non-hydrogen) atoms. The number of halogens is 5. The Bertz CT molecular complexity index is 734. The van der Waals surface area contributed by atoms with Gasteiger partial charge in [0, 0.05) is 5.56 Å². The molecule has 0 saturated carbocycles. The third-order valence-corrected chi connectivity index (χ3v) is 2.98. The minimum atomic E-state index is -2.24. The van der Waals surface area contributed by atoms with Crippen molar-refractivity contribution in [2.75, 3.05) is 0 Å². The lowest BCUT2D eigenvalue weighted by molar-refractivity contribution is 0.104. The molecule has 0 aliphatic rings. The van der Waals surface area contributed by atoms with Crippen LogP contribution in [0.4, 0.5) is 22.0 Å². The molecule has 0 atom stereocenters. The predicted molar refractivity (Wildman–Crippen MR) is 70.8 cm³/mol. The third-order valence-electron chi connectivity index (χ3n) is 2.98. The number of carbonyl (C=O) groups is 1. The Hall–Kier alpha value is -2.50. The highest BCUT2D eigenvalue weighted by atomic mass is 19.2. The van der Waals surface area contributed by atoms with Crippen molar-refractivity contribution in [3.05, 3.63) is 76.1 Å². The van der Waals surface area contributed by atoms with Gasteiger partial charge in [-0.05, 0) is 19.1 Å². The molecule has 0 saturated heterocycles. The van der Waals surface area contributed by atoms with Gasteiger partial charge in [0.05, 0.1) is 5.56 Å². The van der Waals surface area contributed by atoms with Gasteiger partial charge in [-0.15, -0.1) is 0 Å². The molecule has 114 valence electrons. The number of aryl methyl sites for hydroxylation is 1. The number of carbonyl (C=O) groups excluding carboxylic acids is 1. The van der Waals surface area contributed by atoms with Crippen molar-refractivity contribution < 1.29 is 26.7 Å². The highest BCUT2D eigenvalue weighted by Crippen LogP contribution is 2.24. The van der Waals surface area contributed by atoms with E-state index in [2.05, 4.69) is 0 Å². The lowest BCUT2D eigenvalue weighted by atomic mass is 10.1. The molecular formula is C16H9F5O. The Morgan fingerprint density at radius 2 is 1.27 bits per heavy atom. The average Bonchev–Trinajstić information content (AvgIpc) is 2.51. The van der Waals surface area contributed by atoms with E-state index in [4.69, 9.17) is 0 Å². The molecule has 2 aromatic carbocycles. The van der Waals surface area contributed by atoms with Crippen LogP contribution in [-0.4, -0.2) is 5.78 Å². The van der Waals surface area contributed by atoms with E-state index in [1.165, 1.54) is 12.1 Å². The molecule has 1 nitrogen and oxygen atoms in total. The monoisotopic (exact) mass is 312 g/mol. The van der Waals surface area contributed by atoms with E-state index >= 15 is 0 Å². The number of benzene rings is 2. The molecule has 0 bridgehead atoms. The van der Waals surface area contributed by atoms with E-state index in [1.807, 2.05) is 0 Å². The highest BCUT2D eigenvalue weighted by molar-refractivity contribution is 6.06. The summed E-state index contributed by atoms with van der Waals surface area (Å²) >= 11 is 0. The maximum atomic E-state index is 13.4. The third kappa shape index (κ3) is 2.90. The van der Waals surface area contributed by atoms with Crippen LogP contribution in [0.5, 0.6) is 0 Å². The lowest BCUT2D eigenvalue weighted by Crippen LogP contribution is -2.04. The fourth-order valence-electron chi connectivity index (χ4n) is 1.74. The molecular weight excluding hydrogens is 303 g/mol. The van der Waals surface area contributed by atoms with Crippen LogP contribution >= 0.6 is 0 Å². The summed E-state index contributed by atoms with van der Waals surface area (Å²) in [5.74, 6) is -10.9. The van der Waals surface area contributed by atoms with Crippen molar-refractivity contribution in [3.8, 4) is 0 Å². The number of hydrogen-bond donors (Lipinski definition) is 0. The molecule has 0 amide bonds. The SMILES string of the molecule is Cc1ccc(C(=O)/C=C/c2c(F)c(F)c(F)c(F)c2F)cc1. The molecule has 0 spiro atoms. The molecule has 0 N–H and O–H groups in total. The number of hydrogen-bond acceptors (Lipinski definition) is 1. The van der Waals surface area contributed by atoms with E-state index in [1.54, 1.807) is 19.1 Å². The van der Waals surface area contributed by atoms with E-state index < -0.39 is 40.4 Å². The van der Waals surface area contributed by atoms with Crippen LogP contribution in [0.15, 0.2) is 30.3 Å². The van der Waals surface area contributed by atoms with Crippen LogP contribution in [0.25, 0.3) is 6.08 Å². The Labute approximate surface area is 122 Å². The van der Waals surface area contributed by atoms with Gasteiger partial charge in [-0.1, -0.05) is 29.8 Å². The number of rotatable bonds is 3. The summed E-state index contributed by atoms with van der Waals surface area (Å²) in [6, 6.07) is 6.28. The molecule has 0 aliphatic carbocycles. The van der Waals surface area contributed by atoms with Crippen LogP contribution in [0.1, 0.15) is 21.5 Å². The Morgan fingerprint density at radius 1 is 0.818 bits per heavy atom. The molecule has 0 unspecified atom stereocenters. The quantitative estimate of drug-likeness (QED) is 0.266. The standard InChI is InChI=1S/C16H9F5O/c1-8-2-4-9(5-3-8)11(22)7-6-10-12(17)14(19)16(21)15(20)13(10)18/h2-7H,1H3/b7-6+. The van der Waals surface area contributed by atoms with Crippen LogP contribution in [0.3, 0.4) is 0 Å². The Kier molecular flexibility index (Phi) is 4.40. The fourth-order valence-corrected chi connectivity index (χ4v) is 1.74. The molecule has 0 heterocycles. The first kappa shape index (κ1) is 15.9. The van der Waals surface area contributed by atoms with Gasteiger partial charge in [0.15, 0.2) is 29.1 Å². The summed E-state index contributed by atoms with van der Waals surface area (Å²) in [6.45, 7) is 1.80. The maximum absolute atomic E-state index is 13.4. The van der Waals surface area contributed by atoms with E-state index in [0.717, 1.165) is 11.6 Å². The lowest BCUT2D eigenvalue weighted by Gasteiger charge is -2.04. The summed E-state index contributed by atoms with van der Waals surface area (Å²) < 4.78 is 65.8. The smallest absolute Gasteiger partial charge is 0.200 e. The Morgan fingerprint density at radius 3 is 1.77 bits per heavy atom. The van der Waals surface area contributed by atoms with Crippen molar-refractivity contribution in [2.24, 2.45) is 0 Å². The summed E-state index contributed by atoms with van der Waals surface area (Å²) in [6.07, 6.45) is 1.32. The molecule has 2 aromatic rings. The second kappa shape index (κ2) is 6.09. The van der Waals surface area contributed by atoms with Gasteiger partial charge >= 0.3 is 0 Å². The summed E-state index contributed by atoms with van der Waals surface area (Å²) in [5.41, 5.74) is -0.0251. The van der Waals surface area contributed by atoms with Gasteiger partial charge in [0.25, 0.3) is 0 Å². The summed E-state index contributed by atoms with van der Waals surface area (Å²) in [4.78, 5) is 11.8. The first-order valence-electron chi connectivity index (χ1n) is 6.13. The largest absolute Gasteiger partial charge is 0.289 e. The summed E-state index contributed by atoms with van der Waals surface area (Å²) in [5, 5.41) is 0. The van der Waals surface area contributed by atoms with Gasteiger partial charge in [0.1, 0.15) is 0 Å². The molecule has 6 heteroatoms. The molecule has 0 fully saturated rings. The van der Waals surface area contributed by atoms with Gasteiger partial charge in [-0.2, -0.15) is 0 Å². The van der Waals surface area contributed by atoms with Crippen molar-refractivity contribution >= 4 is 11.9 Å². The van der Waals surface area contributed by atoms with Crippen LogP contribution < -0.4 is 0 Å². The fraction of sp³-hybridized carbons (Fsp3) is 0.0625. The maximum Gasteiger partial charge on any atom is 0.200 e. The second-order valence-electron chi connectivity index (χ2n) is 4.55. The minimum Gasteiger partial charge on any atom is -0.289 e. The van der Waals surface area contributed by atoms with E-state index in [-0.39, 0.29) is 5.56 Å². The number of ketones is 1. The van der Waals surface area contributed by atoms with E-state index in [9.17, 15) is 26.7 Å². The zero-order chi connectivity index (χ0) is 16.4. The first-order chi connectivity index (χ1) is 10.3. The van der Waals surface area contributed by atoms with Crippen molar-refractivity contribution in [1.82, 2.24) is 0 Å². The normalized spacial score (nSPS) is 11.2. The Balaban J connectivity index is 2.38. The molecule has 2 rings (SSSR count). The van der Waals surface area contributed by atoms with E-state index in [0.29, 0.717) is 6.08 Å². The van der Waals surface area contributed by atoms with Crippen LogP contribution in [0, 0.1) is 36.0 Å². The molecule has 0 aliphatic heterocycles. The van der Waals surface area contributed by atoms with Crippen LogP contribution in [0.2, 0.25) is 0 Å². The molecule has 0 radical (unpaired) electrons. The first-order valence-corrected chi connectivity index (χ1v) is 6.13. The van der Waals surface area contributed by atoms with Gasteiger partial charge in [-0.3, -0.25) is 4.79 Å². The van der Waals surface area contributed by atoms with Crippen molar-refractivity contribution in [2.45, 2.75) is 6.92 Å². The van der Waals surface area contributed by atoms with Crippen LogP contribution in [-0.2, 0) is 0 Å². The van der Waals surface area contributed by atoms with Gasteiger partial charge in [0.2, 0.25) is 5.82 Å². The zero-order valence-electron chi connectivity index (χ0n) is 11.3. The zero-order valence-corrected chi connectivity index (χ0v) is 11.3. The summed E-state index contributed by atoms with van der Waals surface area (Å²) in [7, 11) is 0. The van der Waals surface area contributed by atoms with Crippen molar-refractivity contribution in [1.29, 1.82) is 0 Å².